The number of Topliss-reactive ketones (excluding diaryl/α,β-unsaturated/α-hetero) is 1. The third-order valence-electron chi connectivity index (χ3n) is 8.54. The number of hydrogen-bond acceptors (Lipinski definition) is 4. The van der Waals surface area contributed by atoms with Crippen LogP contribution in [0, 0.1) is 5.92 Å². The molecule has 6 nitrogen and oxygen atoms in total. The normalized spacial score (nSPS) is 36.9. The average molecular weight is 400 g/mol. The van der Waals surface area contributed by atoms with Gasteiger partial charge in [0, 0.05) is 24.3 Å². The Hall–Kier alpha value is -1.92. The highest BCUT2D eigenvalue weighted by Gasteiger charge is 2.72. The molecule has 1 aromatic rings. The molecule has 2 saturated carbocycles. The smallest absolute Gasteiger partial charge is 0.252 e. The summed E-state index contributed by atoms with van der Waals surface area (Å²) in [5.41, 5.74) is 5.88. The number of rotatable bonds is 5. The first-order chi connectivity index (χ1) is 13.7. The monoisotopic (exact) mass is 399 g/mol. The molecule has 156 valence electrons. The standard InChI is InChI=1S/C23H30N2O4/c1-4-25(3,12-13-5-6-13)17-11-14-7-8-15(21(24)27)19-18(14)22(2)20(29-19)16(26)9-10-23(17,22)28/h7-8,13,17,20,28H,4-6,9-12H2,1-3H3,(H-,24,27)/p+1/t17-,20+,22+,23-,25?/m1/s1. The van der Waals surface area contributed by atoms with Crippen LogP contribution in [-0.4, -0.2) is 59.2 Å². The maximum absolute atomic E-state index is 12.9. The first-order valence-electron chi connectivity index (χ1n) is 10.9. The van der Waals surface area contributed by atoms with E-state index in [9.17, 15) is 14.7 Å². The van der Waals surface area contributed by atoms with Crippen LogP contribution >= 0.6 is 0 Å². The molecular weight excluding hydrogens is 368 g/mol. The summed E-state index contributed by atoms with van der Waals surface area (Å²) < 4.78 is 6.94. The summed E-state index contributed by atoms with van der Waals surface area (Å²) in [7, 11) is 2.26. The van der Waals surface area contributed by atoms with E-state index in [1.165, 1.54) is 12.8 Å². The zero-order chi connectivity index (χ0) is 20.8. The molecule has 0 saturated heterocycles. The fourth-order valence-electron chi connectivity index (χ4n) is 6.57. The third kappa shape index (κ3) is 2.30. The SMILES string of the molecule is CC[N+](C)(CC1CC1)[C@@H]1Cc2ccc(C(N)=O)c3c2[C@@]2(C)[C@@H](O3)C(=O)CC[C@@]12O. The van der Waals surface area contributed by atoms with E-state index < -0.39 is 23.0 Å². The van der Waals surface area contributed by atoms with Crippen molar-refractivity contribution in [3.8, 4) is 5.75 Å². The lowest BCUT2D eigenvalue weighted by Crippen LogP contribution is -2.75. The Bertz CT molecular complexity index is 926. The molecule has 6 heteroatoms. The number of nitrogens with two attached hydrogens (primary N) is 1. The Morgan fingerprint density at radius 2 is 2.10 bits per heavy atom. The predicted octanol–water partition coefficient (Wildman–Crippen LogP) is 1.70. The number of quaternary nitrogens is 1. The van der Waals surface area contributed by atoms with Gasteiger partial charge in [0.25, 0.3) is 5.91 Å². The summed E-state index contributed by atoms with van der Waals surface area (Å²) in [4.78, 5) is 24.9. The van der Waals surface area contributed by atoms with Gasteiger partial charge in [-0.1, -0.05) is 6.07 Å². The van der Waals surface area contributed by atoms with Crippen LogP contribution in [0.3, 0.4) is 0 Å². The third-order valence-corrected chi connectivity index (χ3v) is 8.54. The lowest BCUT2D eigenvalue weighted by atomic mass is 9.52. The molecule has 5 rings (SSSR count). The minimum Gasteiger partial charge on any atom is -0.480 e. The zero-order valence-electron chi connectivity index (χ0n) is 17.5. The number of ether oxygens (including phenoxy) is 1. The highest BCUT2D eigenvalue weighted by molar-refractivity contribution is 5.98. The molecule has 29 heavy (non-hydrogen) atoms. The van der Waals surface area contributed by atoms with Crippen LogP contribution in [-0.2, 0) is 16.6 Å². The van der Waals surface area contributed by atoms with Crippen LogP contribution in [0.25, 0.3) is 0 Å². The highest BCUT2D eigenvalue weighted by Crippen LogP contribution is 2.61. The lowest BCUT2D eigenvalue weighted by molar-refractivity contribution is -0.941. The van der Waals surface area contributed by atoms with E-state index in [1.54, 1.807) is 6.07 Å². The predicted molar refractivity (Wildman–Crippen MR) is 108 cm³/mol. The van der Waals surface area contributed by atoms with E-state index in [0.29, 0.717) is 24.2 Å². The van der Waals surface area contributed by atoms with Crippen LogP contribution in [0.5, 0.6) is 5.75 Å². The van der Waals surface area contributed by atoms with Gasteiger partial charge in [-0.25, -0.2) is 0 Å². The summed E-state index contributed by atoms with van der Waals surface area (Å²) in [6.45, 7) is 6.15. The molecule has 0 aromatic heterocycles. The maximum atomic E-state index is 12.9. The molecule has 3 aliphatic carbocycles. The van der Waals surface area contributed by atoms with E-state index >= 15 is 0 Å². The molecular formula is C23H31N2O4+. The van der Waals surface area contributed by atoms with Gasteiger partial charge in [0.15, 0.2) is 11.9 Å². The number of aliphatic hydroxyl groups is 1. The molecule has 2 fully saturated rings. The number of carbonyl (C=O) groups excluding carboxylic acids is 2. The Balaban J connectivity index is 1.73. The summed E-state index contributed by atoms with van der Waals surface area (Å²) in [6.07, 6.45) is 3.23. The minimum atomic E-state index is -1.07. The average Bonchev–Trinajstić information content (AvgIpc) is 3.42. The largest absolute Gasteiger partial charge is 0.480 e. The Labute approximate surface area is 171 Å². The lowest BCUT2D eigenvalue weighted by Gasteiger charge is -2.59. The number of ketones is 1. The number of nitrogens with zero attached hydrogens (tertiary/aromatic N) is 1. The second-order valence-electron chi connectivity index (χ2n) is 10.1. The van der Waals surface area contributed by atoms with E-state index in [4.69, 9.17) is 10.5 Å². The summed E-state index contributed by atoms with van der Waals surface area (Å²) in [5.74, 6) is 0.586. The van der Waals surface area contributed by atoms with Crippen molar-refractivity contribution in [1.29, 1.82) is 0 Å². The summed E-state index contributed by atoms with van der Waals surface area (Å²) >= 11 is 0. The molecule has 0 bridgehead atoms. The van der Waals surface area contributed by atoms with Gasteiger partial charge < -0.3 is 20.1 Å². The van der Waals surface area contributed by atoms with Gasteiger partial charge in [-0.05, 0) is 44.7 Å². The van der Waals surface area contributed by atoms with Gasteiger partial charge in [-0.3, -0.25) is 9.59 Å². The molecule has 1 unspecified atom stereocenters. The van der Waals surface area contributed by atoms with E-state index in [-0.39, 0.29) is 11.8 Å². The number of benzene rings is 1. The van der Waals surface area contributed by atoms with Crippen LogP contribution in [0.2, 0.25) is 0 Å². The van der Waals surface area contributed by atoms with E-state index in [2.05, 4.69) is 14.0 Å². The van der Waals surface area contributed by atoms with E-state index in [1.807, 2.05) is 13.0 Å². The van der Waals surface area contributed by atoms with Crippen LogP contribution in [0.1, 0.15) is 61.0 Å². The van der Waals surface area contributed by atoms with Crippen molar-refractivity contribution in [2.24, 2.45) is 11.7 Å². The number of likely N-dealkylation sites (N-methyl/N-ethyl adjacent to an activating group) is 1. The van der Waals surface area contributed by atoms with Crippen LogP contribution < -0.4 is 10.5 Å². The molecule has 1 heterocycles. The van der Waals surface area contributed by atoms with Crippen molar-refractivity contribution in [2.75, 3.05) is 20.1 Å². The fraction of sp³-hybridized carbons (Fsp3) is 0.652. The van der Waals surface area contributed by atoms with Crippen molar-refractivity contribution in [2.45, 2.75) is 69.1 Å². The second-order valence-corrected chi connectivity index (χ2v) is 10.1. The number of primary amides is 1. The number of carbonyl (C=O) groups is 2. The Morgan fingerprint density at radius 1 is 1.38 bits per heavy atom. The van der Waals surface area contributed by atoms with Gasteiger partial charge in [-0.15, -0.1) is 0 Å². The quantitative estimate of drug-likeness (QED) is 0.738. The van der Waals surface area contributed by atoms with Gasteiger partial charge in [-0.2, -0.15) is 0 Å². The first-order valence-corrected chi connectivity index (χ1v) is 10.9. The zero-order valence-corrected chi connectivity index (χ0v) is 17.5. The van der Waals surface area contributed by atoms with Crippen molar-refractivity contribution in [3.05, 3.63) is 28.8 Å². The molecule has 0 spiro atoms. The van der Waals surface area contributed by atoms with Gasteiger partial charge in [0.1, 0.15) is 17.4 Å². The van der Waals surface area contributed by atoms with Crippen molar-refractivity contribution in [1.82, 2.24) is 0 Å². The molecule has 1 aliphatic heterocycles. The second kappa shape index (κ2) is 5.82. The molecule has 5 atom stereocenters. The maximum Gasteiger partial charge on any atom is 0.252 e. The topological polar surface area (TPSA) is 89.6 Å². The molecule has 1 aromatic carbocycles. The van der Waals surface area contributed by atoms with Gasteiger partial charge in [0.2, 0.25) is 0 Å². The van der Waals surface area contributed by atoms with Crippen molar-refractivity contribution < 1.29 is 23.9 Å². The Morgan fingerprint density at radius 3 is 2.72 bits per heavy atom. The van der Waals surface area contributed by atoms with Crippen LogP contribution in [0.15, 0.2) is 12.1 Å². The number of hydrogen-bond donors (Lipinski definition) is 2. The number of amides is 1. The molecule has 0 radical (unpaired) electrons. The highest BCUT2D eigenvalue weighted by atomic mass is 16.5. The molecule has 1 amide bonds. The summed E-state index contributed by atoms with van der Waals surface area (Å²) in [5, 5.41) is 12.3. The van der Waals surface area contributed by atoms with Crippen molar-refractivity contribution >= 4 is 11.7 Å². The first kappa shape index (κ1) is 19.1. The molecule has 3 N–H and O–H groups in total. The van der Waals surface area contributed by atoms with E-state index in [0.717, 1.165) is 41.0 Å². The van der Waals surface area contributed by atoms with Gasteiger partial charge >= 0.3 is 0 Å². The van der Waals surface area contributed by atoms with Crippen molar-refractivity contribution in [3.63, 3.8) is 0 Å². The summed E-state index contributed by atoms with van der Waals surface area (Å²) in [6, 6.07) is 3.66. The fourth-order valence-corrected chi connectivity index (χ4v) is 6.57. The van der Waals surface area contributed by atoms with Crippen LogP contribution in [0.4, 0.5) is 0 Å². The van der Waals surface area contributed by atoms with Gasteiger partial charge in [0.05, 0.1) is 31.1 Å². The minimum absolute atomic E-state index is 0.00305. The Kier molecular flexibility index (Phi) is 3.83. The molecule has 4 aliphatic rings.